The molecule has 1 atom stereocenters. The van der Waals surface area contributed by atoms with Gasteiger partial charge in [-0.15, -0.1) is 0 Å². The van der Waals surface area contributed by atoms with Gasteiger partial charge < -0.3 is 14.5 Å². The second-order valence-corrected chi connectivity index (χ2v) is 8.28. The highest BCUT2D eigenvalue weighted by Gasteiger charge is 2.32. The van der Waals surface area contributed by atoms with E-state index in [2.05, 4.69) is 5.32 Å². The molecule has 1 aromatic heterocycles. The van der Waals surface area contributed by atoms with Gasteiger partial charge in [0.25, 0.3) is 0 Å². The van der Waals surface area contributed by atoms with Crippen LogP contribution in [0.4, 0.5) is 14.9 Å². The number of amides is 2. The standard InChI is InChI=1S/C26H27FN2O4/c1-17-6-12-22(32-17)5-3-4-19-7-9-20(10-8-19)24-13-11-21(14-25(24)27)29-16-23(33-26(29)31)15-28-18(2)30/h6-14,23H,3-5,15-16H2,1-2H3,(H,28,30)/t23-/m0/s1. The van der Waals surface area contributed by atoms with Gasteiger partial charge in [-0.3, -0.25) is 9.69 Å². The van der Waals surface area contributed by atoms with Crippen molar-refractivity contribution in [1.29, 1.82) is 0 Å². The predicted molar refractivity (Wildman–Crippen MR) is 124 cm³/mol. The van der Waals surface area contributed by atoms with Gasteiger partial charge in [0.15, 0.2) is 0 Å². The van der Waals surface area contributed by atoms with Crippen LogP contribution in [0.5, 0.6) is 0 Å². The Balaban J connectivity index is 1.37. The van der Waals surface area contributed by atoms with Crippen molar-refractivity contribution in [3.8, 4) is 11.1 Å². The molecule has 2 heterocycles. The number of nitrogens with zero attached hydrogens (tertiary/aromatic N) is 1. The van der Waals surface area contributed by atoms with Crippen LogP contribution in [0.15, 0.2) is 59.0 Å². The van der Waals surface area contributed by atoms with E-state index in [1.54, 1.807) is 12.1 Å². The smallest absolute Gasteiger partial charge is 0.414 e. The molecule has 33 heavy (non-hydrogen) atoms. The van der Waals surface area contributed by atoms with Crippen molar-refractivity contribution in [1.82, 2.24) is 5.32 Å². The van der Waals surface area contributed by atoms with Gasteiger partial charge in [-0.25, -0.2) is 9.18 Å². The molecule has 3 aromatic rings. The van der Waals surface area contributed by atoms with E-state index in [0.29, 0.717) is 11.3 Å². The molecule has 1 fully saturated rings. The van der Waals surface area contributed by atoms with Crippen LogP contribution < -0.4 is 10.2 Å². The highest BCUT2D eigenvalue weighted by Crippen LogP contribution is 2.29. The lowest BCUT2D eigenvalue weighted by molar-refractivity contribution is -0.119. The first-order valence-corrected chi connectivity index (χ1v) is 11.1. The summed E-state index contributed by atoms with van der Waals surface area (Å²) < 4.78 is 25.8. The molecule has 0 spiro atoms. The first kappa shape index (κ1) is 22.6. The summed E-state index contributed by atoms with van der Waals surface area (Å²) >= 11 is 0. The Morgan fingerprint density at radius 3 is 2.58 bits per heavy atom. The van der Waals surface area contributed by atoms with Crippen LogP contribution in [0.3, 0.4) is 0 Å². The molecule has 1 saturated heterocycles. The molecule has 2 aromatic carbocycles. The molecule has 7 heteroatoms. The summed E-state index contributed by atoms with van der Waals surface area (Å²) in [5.74, 6) is 1.31. The third kappa shape index (κ3) is 5.61. The molecule has 0 aliphatic carbocycles. The van der Waals surface area contributed by atoms with Gasteiger partial charge in [0.2, 0.25) is 5.91 Å². The van der Waals surface area contributed by atoms with Gasteiger partial charge in [0, 0.05) is 18.9 Å². The fourth-order valence-corrected chi connectivity index (χ4v) is 3.94. The molecule has 0 saturated carbocycles. The molecular weight excluding hydrogens is 423 g/mol. The number of hydrogen-bond acceptors (Lipinski definition) is 4. The van der Waals surface area contributed by atoms with Crippen molar-refractivity contribution in [2.45, 2.75) is 39.2 Å². The SMILES string of the molecule is CC(=O)NC[C@H]1CN(c2ccc(-c3ccc(CCCc4ccc(C)o4)cc3)c(F)c2)C(=O)O1. The molecule has 0 unspecified atom stereocenters. The molecular formula is C26H27FN2O4. The molecule has 1 N–H and O–H groups in total. The number of halogens is 1. The minimum Gasteiger partial charge on any atom is -0.466 e. The largest absolute Gasteiger partial charge is 0.466 e. The molecule has 0 bridgehead atoms. The number of carbonyl (C=O) groups excluding carboxylic acids is 2. The van der Waals surface area contributed by atoms with Crippen molar-refractivity contribution >= 4 is 17.7 Å². The summed E-state index contributed by atoms with van der Waals surface area (Å²) in [4.78, 5) is 24.6. The van der Waals surface area contributed by atoms with Crippen LogP contribution in [-0.2, 0) is 22.4 Å². The van der Waals surface area contributed by atoms with Crippen molar-refractivity contribution in [3.05, 3.63) is 77.5 Å². The molecule has 1 aliphatic heterocycles. The number of furan rings is 1. The Morgan fingerprint density at radius 2 is 1.91 bits per heavy atom. The Morgan fingerprint density at radius 1 is 1.12 bits per heavy atom. The third-order valence-electron chi connectivity index (χ3n) is 5.67. The molecule has 172 valence electrons. The number of carbonyl (C=O) groups is 2. The fraction of sp³-hybridized carbons (Fsp3) is 0.308. The number of anilines is 1. The van der Waals surface area contributed by atoms with Crippen molar-refractivity contribution in [2.75, 3.05) is 18.0 Å². The maximum atomic E-state index is 14.9. The number of hydrogen-bond donors (Lipinski definition) is 1. The van der Waals surface area contributed by atoms with E-state index in [4.69, 9.17) is 9.15 Å². The summed E-state index contributed by atoms with van der Waals surface area (Å²) in [5.41, 5.74) is 2.86. The summed E-state index contributed by atoms with van der Waals surface area (Å²) in [6.45, 7) is 3.82. The van der Waals surface area contributed by atoms with E-state index >= 15 is 0 Å². The number of ether oxygens (including phenoxy) is 1. The number of cyclic esters (lactones) is 1. The zero-order valence-electron chi connectivity index (χ0n) is 18.8. The van der Waals surface area contributed by atoms with Crippen LogP contribution in [0.25, 0.3) is 11.1 Å². The van der Waals surface area contributed by atoms with Crippen molar-refractivity contribution in [3.63, 3.8) is 0 Å². The van der Waals surface area contributed by atoms with Crippen molar-refractivity contribution in [2.24, 2.45) is 0 Å². The van der Waals surface area contributed by atoms with E-state index in [0.717, 1.165) is 36.3 Å². The average molecular weight is 451 g/mol. The fourth-order valence-electron chi connectivity index (χ4n) is 3.94. The first-order valence-electron chi connectivity index (χ1n) is 11.1. The van der Waals surface area contributed by atoms with E-state index < -0.39 is 18.0 Å². The van der Waals surface area contributed by atoms with Gasteiger partial charge in [-0.05, 0) is 61.2 Å². The molecule has 0 radical (unpaired) electrons. The van der Waals surface area contributed by atoms with Crippen LogP contribution in [0.1, 0.15) is 30.4 Å². The van der Waals surface area contributed by atoms with Gasteiger partial charge in [0.05, 0.1) is 18.8 Å². The number of aryl methyl sites for hydroxylation is 3. The quantitative estimate of drug-likeness (QED) is 0.523. The maximum Gasteiger partial charge on any atom is 0.414 e. The van der Waals surface area contributed by atoms with Gasteiger partial charge in [-0.1, -0.05) is 24.3 Å². The van der Waals surface area contributed by atoms with E-state index in [1.807, 2.05) is 43.3 Å². The van der Waals surface area contributed by atoms with Crippen LogP contribution >= 0.6 is 0 Å². The lowest BCUT2D eigenvalue weighted by Gasteiger charge is -2.14. The normalized spacial score (nSPS) is 15.5. The molecule has 1 aliphatic rings. The predicted octanol–water partition coefficient (Wildman–Crippen LogP) is 5.03. The lowest BCUT2D eigenvalue weighted by Crippen LogP contribution is -2.33. The Kier molecular flexibility index (Phi) is 6.77. The van der Waals surface area contributed by atoms with E-state index in [-0.39, 0.29) is 19.0 Å². The minimum absolute atomic E-state index is 0.196. The summed E-state index contributed by atoms with van der Waals surface area (Å²) in [6.07, 6.45) is 1.76. The first-order chi connectivity index (χ1) is 15.9. The van der Waals surface area contributed by atoms with Crippen LogP contribution in [-0.4, -0.2) is 31.2 Å². The van der Waals surface area contributed by atoms with Crippen molar-refractivity contribution < 1.29 is 23.1 Å². The molecule has 6 nitrogen and oxygen atoms in total. The second-order valence-electron chi connectivity index (χ2n) is 8.28. The highest BCUT2D eigenvalue weighted by molar-refractivity contribution is 5.90. The monoisotopic (exact) mass is 450 g/mol. The minimum atomic E-state index is -0.549. The van der Waals surface area contributed by atoms with Gasteiger partial charge >= 0.3 is 6.09 Å². The zero-order valence-corrected chi connectivity index (χ0v) is 18.8. The lowest BCUT2D eigenvalue weighted by atomic mass is 10.0. The maximum absolute atomic E-state index is 14.9. The molecule has 2 amide bonds. The topological polar surface area (TPSA) is 71.8 Å². The van der Waals surface area contributed by atoms with E-state index in [1.165, 1.54) is 23.5 Å². The number of rotatable bonds is 8. The highest BCUT2D eigenvalue weighted by atomic mass is 19.1. The van der Waals surface area contributed by atoms with Crippen LogP contribution in [0.2, 0.25) is 0 Å². The third-order valence-corrected chi connectivity index (χ3v) is 5.67. The van der Waals surface area contributed by atoms with Gasteiger partial charge in [0.1, 0.15) is 23.4 Å². The number of benzene rings is 2. The summed E-state index contributed by atoms with van der Waals surface area (Å²) in [6, 6.07) is 16.6. The zero-order chi connectivity index (χ0) is 23.4. The van der Waals surface area contributed by atoms with E-state index in [9.17, 15) is 14.0 Å². The van der Waals surface area contributed by atoms with Gasteiger partial charge in [-0.2, -0.15) is 0 Å². The number of nitrogens with one attached hydrogen (secondary N) is 1. The Hall–Kier alpha value is -3.61. The van der Waals surface area contributed by atoms with Crippen LogP contribution in [0, 0.1) is 12.7 Å². The average Bonchev–Trinajstić information content (AvgIpc) is 3.38. The summed E-state index contributed by atoms with van der Waals surface area (Å²) in [7, 11) is 0. The molecule has 4 rings (SSSR count). The second kappa shape index (κ2) is 9.90. The summed E-state index contributed by atoms with van der Waals surface area (Å²) in [5, 5.41) is 2.63. The Bertz CT molecular complexity index is 1140. The Labute approximate surface area is 192 Å².